The normalized spacial score (nSPS) is 9.00. The van der Waals surface area contributed by atoms with E-state index in [0.29, 0.717) is 0 Å². The van der Waals surface area contributed by atoms with Crippen LogP contribution in [0, 0.1) is 10.1 Å². The highest BCUT2D eigenvalue weighted by molar-refractivity contribution is 6.30. The van der Waals surface area contributed by atoms with E-state index in [4.69, 9.17) is 17.1 Å². The van der Waals surface area contributed by atoms with Gasteiger partial charge in [0.05, 0.1) is 4.92 Å². The van der Waals surface area contributed by atoms with Gasteiger partial charge in [0, 0.05) is 16.0 Å². The van der Waals surface area contributed by atoms with Gasteiger partial charge in [-0.1, -0.05) is 16.7 Å². The maximum Gasteiger partial charge on any atom is 0.279 e. The van der Waals surface area contributed by atoms with E-state index in [0.717, 1.165) is 0 Å². The summed E-state index contributed by atoms with van der Waals surface area (Å²) in [5.74, 6) is 0. The van der Waals surface area contributed by atoms with Crippen molar-refractivity contribution < 1.29 is 4.92 Å². The summed E-state index contributed by atoms with van der Waals surface area (Å²) in [6, 6.07) is 3.78. The smallest absolute Gasteiger partial charge is 0.258 e. The maximum absolute atomic E-state index is 10.4. The molecule has 0 spiro atoms. The zero-order valence-electron chi connectivity index (χ0n) is 6.22. The Labute approximate surface area is 77.5 Å². The standard InChI is InChI=1S/C6H3ClN4O2/c7-4-1-2-6(11(12)13)5(3-4)9-10-8/h1-3H. The quantitative estimate of drug-likeness (QED) is 0.240. The minimum atomic E-state index is -0.639. The van der Waals surface area contributed by atoms with Crippen molar-refractivity contribution in [3.8, 4) is 0 Å². The van der Waals surface area contributed by atoms with Gasteiger partial charge in [0.2, 0.25) is 0 Å². The van der Waals surface area contributed by atoms with E-state index in [1.807, 2.05) is 0 Å². The Kier molecular flexibility index (Phi) is 2.69. The second-order valence-electron chi connectivity index (χ2n) is 2.08. The Morgan fingerprint density at radius 3 is 2.85 bits per heavy atom. The van der Waals surface area contributed by atoms with Crippen LogP contribution in [-0.2, 0) is 0 Å². The number of azide groups is 1. The van der Waals surface area contributed by atoms with Crippen molar-refractivity contribution >= 4 is 23.0 Å². The minimum absolute atomic E-state index is 0.0833. The van der Waals surface area contributed by atoms with Crippen LogP contribution in [-0.4, -0.2) is 4.92 Å². The first-order valence-corrected chi connectivity index (χ1v) is 3.52. The van der Waals surface area contributed by atoms with Crippen molar-refractivity contribution in [2.75, 3.05) is 0 Å². The van der Waals surface area contributed by atoms with Crippen molar-refractivity contribution in [1.29, 1.82) is 0 Å². The van der Waals surface area contributed by atoms with Crippen molar-refractivity contribution in [3.05, 3.63) is 43.8 Å². The van der Waals surface area contributed by atoms with E-state index < -0.39 is 4.92 Å². The fraction of sp³-hybridized carbons (Fsp3) is 0. The monoisotopic (exact) mass is 198 g/mol. The highest BCUT2D eigenvalue weighted by Gasteiger charge is 2.11. The first-order valence-electron chi connectivity index (χ1n) is 3.14. The molecule has 66 valence electrons. The number of halogens is 1. The molecular weight excluding hydrogens is 196 g/mol. The maximum atomic E-state index is 10.4. The average Bonchev–Trinajstić information content (AvgIpc) is 2.04. The second kappa shape index (κ2) is 3.75. The Morgan fingerprint density at radius 2 is 2.31 bits per heavy atom. The molecule has 1 aromatic carbocycles. The summed E-state index contributed by atoms with van der Waals surface area (Å²) in [6.07, 6.45) is 0. The molecule has 0 aromatic heterocycles. The Balaban J connectivity index is 3.34. The lowest BCUT2D eigenvalue weighted by Gasteiger charge is -1.95. The summed E-state index contributed by atoms with van der Waals surface area (Å²) in [6.45, 7) is 0. The molecule has 0 atom stereocenters. The van der Waals surface area contributed by atoms with Gasteiger partial charge >= 0.3 is 0 Å². The molecule has 0 unspecified atom stereocenters. The zero-order valence-corrected chi connectivity index (χ0v) is 6.97. The third kappa shape index (κ3) is 2.08. The van der Waals surface area contributed by atoms with Gasteiger partial charge in [-0.25, -0.2) is 0 Å². The van der Waals surface area contributed by atoms with Crippen LogP contribution in [0.4, 0.5) is 11.4 Å². The number of hydrogen-bond donors (Lipinski definition) is 0. The van der Waals surface area contributed by atoms with Gasteiger partial charge in [0.15, 0.2) is 0 Å². The van der Waals surface area contributed by atoms with Crippen molar-refractivity contribution in [2.24, 2.45) is 5.11 Å². The van der Waals surface area contributed by atoms with Gasteiger partial charge in [-0.15, -0.1) is 0 Å². The highest BCUT2D eigenvalue weighted by Crippen LogP contribution is 2.29. The van der Waals surface area contributed by atoms with E-state index in [1.54, 1.807) is 0 Å². The van der Waals surface area contributed by atoms with Crippen LogP contribution in [0.25, 0.3) is 10.4 Å². The van der Waals surface area contributed by atoms with Crippen LogP contribution >= 0.6 is 11.6 Å². The highest BCUT2D eigenvalue weighted by atomic mass is 35.5. The first kappa shape index (κ1) is 9.31. The van der Waals surface area contributed by atoms with Gasteiger partial charge in [-0.2, -0.15) is 0 Å². The van der Waals surface area contributed by atoms with Gasteiger partial charge in [-0.3, -0.25) is 10.1 Å². The minimum Gasteiger partial charge on any atom is -0.258 e. The van der Waals surface area contributed by atoms with Crippen LogP contribution in [0.1, 0.15) is 0 Å². The molecule has 0 fully saturated rings. The molecule has 1 aromatic rings. The zero-order chi connectivity index (χ0) is 9.84. The first-order chi connectivity index (χ1) is 6.15. The third-order valence-corrected chi connectivity index (χ3v) is 1.52. The summed E-state index contributed by atoms with van der Waals surface area (Å²) in [4.78, 5) is 12.2. The van der Waals surface area contributed by atoms with Crippen molar-refractivity contribution in [2.45, 2.75) is 0 Å². The third-order valence-electron chi connectivity index (χ3n) is 1.29. The van der Waals surface area contributed by atoms with Crippen molar-refractivity contribution in [3.63, 3.8) is 0 Å². The Bertz CT molecular complexity index is 400. The number of nitro groups is 1. The number of rotatable bonds is 2. The molecule has 0 radical (unpaired) electrons. The molecule has 0 aliphatic heterocycles. The summed E-state index contributed by atoms with van der Waals surface area (Å²) in [5, 5.41) is 13.8. The van der Waals surface area contributed by atoms with Crippen molar-refractivity contribution in [1.82, 2.24) is 0 Å². The molecule has 0 saturated carbocycles. The fourth-order valence-electron chi connectivity index (χ4n) is 0.779. The number of nitrogens with zero attached hydrogens (tertiary/aromatic N) is 4. The van der Waals surface area contributed by atoms with Gasteiger partial charge < -0.3 is 0 Å². The predicted octanol–water partition coefficient (Wildman–Crippen LogP) is 3.19. The molecular formula is C6H3ClN4O2. The van der Waals surface area contributed by atoms with Gasteiger partial charge in [0.1, 0.15) is 5.69 Å². The second-order valence-corrected chi connectivity index (χ2v) is 2.52. The lowest BCUT2D eigenvalue weighted by atomic mass is 10.3. The van der Waals surface area contributed by atoms with Gasteiger partial charge in [0.25, 0.3) is 5.69 Å². The topological polar surface area (TPSA) is 91.9 Å². The van der Waals surface area contributed by atoms with E-state index >= 15 is 0 Å². The molecule has 0 bridgehead atoms. The van der Waals surface area contributed by atoms with E-state index in [2.05, 4.69) is 10.0 Å². The van der Waals surface area contributed by atoms with Crippen LogP contribution in [0.3, 0.4) is 0 Å². The SMILES string of the molecule is [N-]=[N+]=Nc1cc(Cl)ccc1[N+](=O)[O-]. The van der Waals surface area contributed by atoms with Crippen LogP contribution in [0.15, 0.2) is 23.3 Å². The molecule has 0 amide bonds. The van der Waals surface area contributed by atoms with E-state index in [-0.39, 0.29) is 16.4 Å². The number of nitro benzene ring substituents is 1. The summed E-state index contributed by atoms with van der Waals surface area (Å²) in [5.41, 5.74) is 7.76. The summed E-state index contributed by atoms with van der Waals surface area (Å²) < 4.78 is 0. The number of hydrogen-bond acceptors (Lipinski definition) is 3. The molecule has 0 aliphatic rings. The largest absolute Gasteiger partial charge is 0.279 e. The fourth-order valence-corrected chi connectivity index (χ4v) is 0.946. The van der Waals surface area contributed by atoms with E-state index in [9.17, 15) is 10.1 Å². The lowest BCUT2D eigenvalue weighted by molar-refractivity contribution is -0.384. The van der Waals surface area contributed by atoms with Crippen LogP contribution < -0.4 is 0 Å². The van der Waals surface area contributed by atoms with Crippen LogP contribution in [0.2, 0.25) is 5.02 Å². The molecule has 0 aliphatic carbocycles. The molecule has 6 nitrogen and oxygen atoms in total. The lowest BCUT2D eigenvalue weighted by Crippen LogP contribution is -1.87. The van der Waals surface area contributed by atoms with Crippen LogP contribution in [0.5, 0.6) is 0 Å². The predicted molar refractivity (Wildman–Crippen MR) is 46.9 cm³/mol. The molecule has 1 rings (SSSR count). The Hall–Kier alpha value is -1.78. The molecule has 7 heteroatoms. The average molecular weight is 199 g/mol. The Morgan fingerprint density at radius 1 is 1.62 bits per heavy atom. The molecule has 0 saturated heterocycles. The molecule has 0 heterocycles. The summed E-state index contributed by atoms with van der Waals surface area (Å²) in [7, 11) is 0. The molecule has 0 N–H and O–H groups in total. The number of benzene rings is 1. The van der Waals surface area contributed by atoms with Gasteiger partial charge in [-0.05, 0) is 17.7 Å². The summed E-state index contributed by atoms with van der Waals surface area (Å²) >= 11 is 5.55. The molecule has 13 heavy (non-hydrogen) atoms. The van der Waals surface area contributed by atoms with E-state index in [1.165, 1.54) is 18.2 Å².